The Bertz CT molecular complexity index is 890. The normalized spacial score (nSPS) is 11.0. The molecular formula is C16H13ClIN3O2. The van der Waals surface area contributed by atoms with Gasteiger partial charge in [-0.25, -0.2) is 14.5 Å². The maximum absolute atomic E-state index is 12.0. The molecule has 3 aromatic rings. The summed E-state index contributed by atoms with van der Waals surface area (Å²) in [5.74, 6) is -0.478. The molecule has 2 heterocycles. The Labute approximate surface area is 151 Å². The number of nitrogens with zero attached hydrogens (tertiary/aromatic N) is 3. The van der Waals surface area contributed by atoms with Crippen molar-refractivity contribution in [2.24, 2.45) is 0 Å². The number of aryl methyl sites for hydroxylation is 1. The molecule has 0 unspecified atom stereocenters. The molecule has 5 nitrogen and oxygen atoms in total. The highest BCUT2D eigenvalue weighted by Crippen LogP contribution is 2.30. The van der Waals surface area contributed by atoms with Crippen molar-refractivity contribution in [3.05, 3.63) is 50.3 Å². The van der Waals surface area contributed by atoms with Crippen LogP contribution in [0.15, 0.2) is 30.5 Å². The van der Waals surface area contributed by atoms with Gasteiger partial charge in [0.1, 0.15) is 0 Å². The van der Waals surface area contributed by atoms with E-state index in [0.717, 1.165) is 9.26 Å². The molecule has 118 valence electrons. The number of aromatic nitrogens is 3. The van der Waals surface area contributed by atoms with Gasteiger partial charge in [0.2, 0.25) is 0 Å². The number of rotatable bonds is 3. The van der Waals surface area contributed by atoms with E-state index in [-0.39, 0.29) is 12.2 Å². The van der Waals surface area contributed by atoms with Crippen LogP contribution in [0.4, 0.5) is 0 Å². The number of esters is 1. The maximum Gasteiger partial charge on any atom is 0.341 e. The van der Waals surface area contributed by atoms with E-state index in [9.17, 15) is 4.79 Å². The van der Waals surface area contributed by atoms with Crippen molar-refractivity contribution in [1.82, 2.24) is 14.8 Å². The van der Waals surface area contributed by atoms with Gasteiger partial charge in [-0.1, -0.05) is 11.6 Å². The summed E-state index contributed by atoms with van der Waals surface area (Å²) in [5.41, 5.74) is 2.46. The van der Waals surface area contributed by atoms with Gasteiger partial charge >= 0.3 is 5.97 Å². The zero-order chi connectivity index (χ0) is 16.6. The Kier molecular flexibility index (Phi) is 4.54. The minimum Gasteiger partial charge on any atom is -0.462 e. The minimum atomic E-state index is -0.478. The fraction of sp³-hybridized carbons (Fsp3) is 0.188. The minimum absolute atomic E-state index is 0.256. The van der Waals surface area contributed by atoms with E-state index < -0.39 is 5.97 Å². The van der Waals surface area contributed by atoms with Crippen LogP contribution in [0, 0.1) is 10.5 Å². The fourth-order valence-electron chi connectivity index (χ4n) is 2.32. The van der Waals surface area contributed by atoms with Crippen molar-refractivity contribution in [2.45, 2.75) is 13.8 Å². The second-order valence-electron chi connectivity index (χ2n) is 4.88. The molecule has 0 spiro atoms. The SMILES string of the molecule is CCOC(=O)c1cnc2c(c(C)nn2-c2ccc(I)cc2)c1Cl. The van der Waals surface area contributed by atoms with E-state index >= 15 is 0 Å². The van der Waals surface area contributed by atoms with Gasteiger partial charge in [-0.3, -0.25) is 0 Å². The van der Waals surface area contributed by atoms with E-state index in [1.54, 1.807) is 11.6 Å². The standard InChI is InChI=1S/C16H13ClIN3O2/c1-3-23-16(22)12-8-19-15-13(14(12)17)9(2)20-21(15)11-6-4-10(18)5-7-11/h4-8H,3H2,1-2H3. The summed E-state index contributed by atoms with van der Waals surface area (Å²) in [6, 6.07) is 7.91. The number of fused-ring (bicyclic) bond motifs is 1. The third-order valence-electron chi connectivity index (χ3n) is 3.37. The lowest BCUT2D eigenvalue weighted by Gasteiger charge is -2.06. The summed E-state index contributed by atoms with van der Waals surface area (Å²) in [6.07, 6.45) is 1.44. The smallest absolute Gasteiger partial charge is 0.341 e. The van der Waals surface area contributed by atoms with Crippen LogP contribution in [-0.2, 0) is 4.74 Å². The van der Waals surface area contributed by atoms with Crippen molar-refractivity contribution in [3.63, 3.8) is 0 Å². The number of carbonyl (C=O) groups excluding carboxylic acids is 1. The van der Waals surface area contributed by atoms with Gasteiger partial charge in [-0.15, -0.1) is 0 Å². The number of hydrogen-bond acceptors (Lipinski definition) is 4. The maximum atomic E-state index is 12.0. The molecule has 0 bridgehead atoms. The van der Waals surface area contributed by atoms with Crippen LogP contribution in [0.5, 0.6) is 0 Å². The molecule has 2 aromatic heterocycles. The summed E-state index contributed by atoms with van der Waals surface area (Å²) in [4.78, 5) is 16.3. The molecule has 0 atom stereocenters. The molecule has 3 rings (SSSR count). The van der Waals surface area contributed by atoms with Gasteiger partial charge in [0, 0.05) is 9.77 Å². The van der Waals surface area contributed by atoms with E-state index in [1.807, 2.05) is 31.2 Å². The zero-order valence-electron chi connectivity index (χ0n) is 12.5. The molecule has 0 N–H and O–H groups in total. The van der Waals surface area contributed by atoms with Crippen LogP contribution in [0.1, 0.15) is 23.0 Å². The lowest BCUT2D eigenvalue weighted by atomic mass is 10.2. The summed E-state index contributed by atoms with van der Waals surface area (Å²) in [5, 5.41) is 5.50. The molecule has 1 aromatic carbocycles. The molecule has 0 radical (unpaired) electrons. The number of hydrogen-bond donors (Lipinski definition) is 0. The second-order valence-corrected chi connectivity index (χ2v) is 6.50. The lowest BCUT2D eigenvalue weighted by Crippen LogP contribution is -2.06. The predicted molar refractivity (Wildman–Crippen MR) is 97.3 cm³/mol. The van der Waals surface area contributed by atoms with Gasteiger partial charge in [-0.2, -0.15) is 5.10 Å². The quantitative estimate of drug-likeness (QED) is 0.452. The average Bonchev–Trinajstić information content (AvgIpc) is 2.86. The number of pyridine rings is 1. The van der Waals surface area contributed by atoms with Gasteiger partial charge < -0.3 is 4.74 Å². The van der Waals surface area contributed by atoms with Crippen molar-refractivity contribution in [3.8, 4) is 5.69 Å². The average molecular weight is 442 g/mol. The molecule has 0 fully saturated rings. The van der Waals surface area contributed by atoms with Gasteiger partial charge in [0.15, 0.2) is 5.65 Å². The third-order valence-corrected chi connectivity index (χ3v) is 4.49. The first-order chi connectivity index (χ1) is 11.0. The van der Waals surface area contributed by atoms with Crippen LogP contribution in [0.2, 0.25) is 5.02 Å². The number of halogens is 2. The number of carbonyl (C=O) groups is 1. The van der Waals surface area contributed by atoms with Crippen LogP contribution in [-0.4, -0.2) is 27.3 Å². The molecular weight excluding hydrogens is 429 g/mol. The Morgan fingerprint density at radius 1 is 1.35 bits per heavy atom. The first-order valence-corrected chi connectivity index (χ1v) is 8.45. The Morgan fingerprint density at radius 3 is 2.70 bits per heavy atom. The van der Waals surface area contributed by atoms with Crippen LogP contribution in [0.3, 0.4) is 0 Å². The van der Waals surface area contributed by atoms with Gasteiger partial charge in [0.25, 0.3) is 0 Å². The van der Waals surface area contributed by atoms with E-state index in [0.29, 0.717) is 21.7 Å². The molecule has 0 saturated heterocycles. The monoisotopic (exact) mass is 441 g/mol. The summed E-state index contributed by atoms with van der Waals surface area (Å²) in [7, 11) is 0. The molecule has 0 amide bonds. The van der Waals surface area contributed by atoms with Crippen molar-refractivity contribution in [1.29, 1.82) is 0 Å². The van der Waals surface area contributed by atoms with Crippen LogP contribution in [0.25, 0.3) is 16.7 Å². The van der Waals surface area contributed by atoms with Crippen LogP contribution >= 0.6 is 34.2 Å². The Hall–Kier alpha value is -1.67. The van der Waals surface area contributed by atoms with Crippen LogP contribution < -0.4 is 0 Å². The second kappa shape index (κ2) is 6.45. The highest BCUT2D eigenvalue weighted by molar-refractivity contribution is 14.1. The van der Waals surface area contributed by atoms with Gasteiger partial charge in [-0.05, 0) is 60.7 Å². The zero-order valence-corrected chi connectivity index (χ0v) is 15.4. The molecule has 23 heavy (non-hydrogen) atoms. The number of ether oxygens (including phenoxy) is 1. The highest BCUT2D eigenvalue weighted by Gasteiger charge is 2.20. The number of benzene rings is 1. The highest BCUT2D eigenvalue weighted by atomic mass is 127. The lowest BCUT2D eigenvalue weighted by molar-refractivity contribution is 0.0526. The first-order valence-electron chi connectivity index (χ1n) is 6.99. The van der Waals surface area contributed by atoms with E-state index in [4.69, 9.17) is 16.3 Å². The van der Waals surface area contributed by atoms with Crippen molar-refractivity contribution >= 4 is 51.2 Å². The predicted octanol–water partition coefficient (Wildman–Crippen LogP) is 4.16. The largest absolute Gasteiger partial charge is 0.462 e. The summed E-state index contributed by atoms with van der Waals surface area (Å²) >= 11 is 8.65. The summed E-state index contributed by atoms with van der Waals surface area (Å²) in [6.45, 7) is 3.87. The topological polar surface area (TPSA) is 57.0 Å². The molecule has 0 saturated carbocycles. The van der Waals surface area contributed by atoms with E-state index in [1.165, 1.54) is 6.20 Å². The van der Waals surface area contributed by atoms with Crippen molar-refractivity contribution in [2.75, 3.05) is 6.61 Å². The molecule has 0 aliphatic heterocycles. The summed E-state index contributed by atoms with van der Waals surface area (Å²) < 4.78 is 7.87. The molecule has 7 heteroatoms. The van der Waals surface area contributed by atoms with Gasteiger partial charge in [0.05, 0.1) is 34.0 Å². The van der Waals surface area contributed by atoms with E-state index in [2.05, 4.69) is 32.7 Å². The Morgan fingerprint density at radius 2 is 2.04 bits per heavy atom. The first kappa shape index (κ1) is 16.2. The third kappa shape index (κ3) is 2.92. The Balaban J connectivity index is 2.19. The molecule has 0 aliphatic rings. The fourth-order valence-corrected chi connectivity index (χ4v) is 3.03. The molecule has 0 aliphatic carbocycles. The van der Waals surface area contributed by atoms with Crippen molar-refractivity contribution < 1.29 is 9.53 Å².